The number of carbonyl (C=O) groups is 3. The molecule has 6 heteroatoms. The van der Waals surface area contributed by atoms with Crippen molar-refractivity contribution in [3.8, 4) is 0 Å². The molecule has 1 saturated heterocycles. The summed E-state index contributed by atoms with van der Waals surface area (Å²) in [6.45, 7) is 4.25. The van der Waals surface area contributed by atoms with Crippen LogP contribution in [0.2, 0.25) is 0 Å². The Hall–Kier alpha value is -1.59. The van der Waals surface area contributed by atoms with E-state index in [9.17, 15) is 14.4 Å². The van der Waals surface area contributed by atoms with Gasteiger partial charge in [-0.15, -0.1) is 0 Å². The summed E-state index contributed by atoms with van der Waals surface area (Å²) < 4.78 is 9.70. The molecule has 0 aromatic rings. The Labute approximate surface area is 106 Å². The van der Waals surface area contributed by atoms with Gasteiger partial charge in [0.2, 0.25) is 5.91 Å². The molecule has 1 aliphatic rings. The average Bonchev–Trinajstić information content (AvgIpc) is 2.69. The highest BCUT2D eigenvalue weighted by Gasteiger charge is 2.36. The Kier molecular flexibility index (Phi) is 5.61. The van der Waals surface area contributed by atoms with Crippen LogP contribution in [0.4, 0.5) is 0 Å². The summed E-state index contributed by atoms with van der Waals surface area (Å²) in [4.78, 5) is 35.9. The first-order valence-corrected chi connectivity index (χ1v) is 6.21. The van der Waals surface area contributed by atoms with Crippen molar-refractivity contribution >= 4 is 17.8 Å². The predicted molar refractivity (Wildman–Crippen MR) is 62.6 cm³/mol. The molecule has 0 bridgehead atoms. The highest BCUT2D eigenvalue weighted by molar-refractivity contribution is 5.88. The van der Waals surface area contributed by atoms with Crippen LogP contribution in [0, 0.1) is 0 Å². The Morgan fingerprint density at radius 2 is 1.94 bits per heavy atom. The van der Waals surface area contributed by atoms with Gasteiger partial charge in [0.15, 0.2) is 0 Å². The highest BCUT2D eigenvalue weighted by Crippen LogP contribution is 2.20. The number of hydrogen-bond donors (Lipinski definition) is 0. The third kappa shape index (κ3) is 3.72. The minimum Gasteiger partial charge on any atom is -0.466 e. The van der Waals surface area contributed by atoms with Crippen molar-refractivity contribution in [2.24, 2.45) is 0 Å². The topological polar surface area (TPSA) is 72.9 Å². The van der Waals surface area contributed by atoms with Gasteiger partial charge in [-0.05, 0) is 20.3 Å². The van der Waals surface area contributed by atoms with E-state index in [2.05, 4.69) is 0 Å². The van der Waals surface area contributed by atoms with E-state index in [-0.39, 0.29) is 31.4 Å². The van der Waals surface area contributed by atoms with E-state index in [0.717, 1.165) is 0 Å². The van der Waals surface area contributed by atoms with Gasteiger partial charge in [0.25, 0.3) is 0 Å². The fourth-order valence-corrected chi connectivity index (χ4v) is 1.94. The molecule has 0 aromatic heterocycles. The van der Waals surface area contributed by atoms with Crippen molar-refractivity contribution in [2.75, 3.05) is 19.8 Å². The number of nitrogens with zero attached hydrogens (tertiary/aromatic N) is 1. The zero-order valence-electron chi connectivity index (χ0n) is 10.8. The maximum atomic E-state index is 11.6. The van der Waals surface area contributed by atoms with Gasteiger partial charge in [0, 0.05) is 13.0 Å². The third-order valence-corrected chi connectivity index (χ3v) is 2.75. The SMILES string of the molecule is CCOC(=O)CCN1C(=O)CCC1C(=O)OCC. The standard InChI is InChI=1S/C12H19NO5/c1-3-17-11(15)7-8-13-9(5-6-10(13)14)12(16)18-4-2/h9H,3-8H2,1-2H3. The molecular weight excluding hydrogens is 238 g/mol. The highest BCUT2D eigenvalue weighted by atomic mass is 16.5. The molecule has 1 aliphatic heterocycles. The summed E-state index contributed by atoms with van der Waals surface area (Å²) in [6.07, 6.45) is 0.891. The first-order chi connectivity index (χ1) is 8.60. The number of ether oxygens (including phenoxy) is 2. The Morgan fingerprint density at radius 3 is 2.56 bits per heavy atom. The van der Waals surface area contributed by atoms with Crippen molar-refractivity contribution < 1.29 is 23.9 Å². The molecular formula is C12H19NO5. The van der Waals surface area contributed by atoms with Crippen molar-refractivity contribution in [1.29, 1.82) is 0 Å². The summed E-state index contributed by atoms with van der Waals surface area (Å²) in [5.41, 5.74) is 0. The normalized spacial score (nSPS) is 18.9. The zero-order valence-corrected chi connectivity index (χ0v) is 10.8. The van der Waals surface area contributed by atoms with Crippen LogP contribution < -0.4 is 0 Å². The van der Waals surface area contributed by atoms with E-state index in [0.29, 0.717) is 19.4 Å². The fraction of sp³-hybridized carbons (Fsp3) is 0.750. The van der Waals surface area contributed by atoms with Crippen LogP contribution >= 0.6 is 0 Å². The lowest BCUT2D eigenvalue weighted by Gasteiger charge is -2.22. The van der Waals surface area contributed by atoms with Crippen LogP contribution in [-0.4, -0.2) is 48.5 Å². The number of hydrogen-bond acceptors (Lipinski definition) is 5. The molecule has 1 unspecified atom stereocenters. The van der Waals surface area contributed by atoms with E-state index in [4.69, 9.17) is 9.47 Å². The lowest BCUT2D eigenvalue weighted by molar-refractivity contribution is -0.153. The quantitative estimate of drug-likeness (QED) is 0.648. The summed E-state index contributed by atoms with van der Waals surface area (Å²) in [5, 5.41) is 0. The second-order valence-corrected chi connectivity index (χ2v) is 3.95. The molecule has 1 fully saturated rings. The van der Waals surface area contributed by atoms with E-state index in [1.807, 2.05) is 0 Å². The van der Waals surface area contributed by atoms with Crippen LogP contribution in [0.15, 0.2) is 0 Å². The number of rotatable bonds is 6. The summed E-state index contributed by atoms with van der Waals surface area (Å²) in [5.74, 6) is -0.871. The smallest absolute Gasteiger partial charge is 0.328 e. The van der Waals surface area contributed by atoms with Gasteiger partial charge in [-0.2, -0.15) is 0 Å². The van der Waals surface area contributed by atoms with Gasteiger partial charge in [-0.25, -0.2) is 4.79 Å². The first kappa shape index (κ1) is 14.5. The maximum absolute atomic E-state index is 11.6. The largest absolute Gasteiger partial charge is 0.466 e. The second kappa shape index (κ2) is 6.98. The monoisotopic (exact) mass is 257 g/mol. The van der Waals surface area contributed by atoms with Crippen molar-refractivity contribution in [3.05, 3.63) is 0 Å². The van der Waals surface area contributed by atoms with Crippen LogP contribution in [0.5, 0.6) is 0 Å². The van der Waals surface area contributed by atoms with Crippen molar-refractivity contribution in [1.82, 2.24) is 4.90 Å². The molecule has 102 valence electrons. The van der Waals surface area contributed by atoms with Gasteiger partial charge in [0.05, 0.1) is 19.6 Å². The summed E-state index contributed by atoms with van der Waals surface area (Å²) >= 11 is 0. The average molecular weight is 257 g/mol. The minimum atomic E-state index is -0.549. The number of likely N-dealkylation sites (tertiary alicyclic amines) is 1. The summed E-state index contributed by atoms with van der Waals surface area (Å²) in [6, 6.07) is -0.549. The molecule has 1 atom stereocenters. The predicted octanol–water partition coefficient (Wildman–Crippen LogP) is 0.494. The van der Waals surface area contributed by atoms with Gasteiger partial charge < -0.3 is 14.4 Å². The van der Waals surface area contributed by atoms with Crippen LogP contribution in [-0.2, 0) is 23.9 Å². The zero-order chi connectivity index (χ0) is 13.5. The minimum absolute atomic E-state index is 0.107. The van der Waals surface area contributed by atoms with Crippen molar-refractivity contribution in [2.45, 2.75) is 39.2 Å². The van der Waals surface area contributed by atoms with Gasteiger partial charge in [-0.1, -0.05) is 0 Å². The molecule has 0 aromatic carbocycles. The Balaban J connectivity index is 2.51. The van der Waals surface area contributed by atoms with Crippen molar-refractivity contribution in [3.63, 3.8) is 0 Å². The molecule has 1 heterocycles. The van der Waals surface area contributed by atoms with E-state index in [1.165, 1.54) is 4.90 Å². The van der Waals surface area contributed by atoms with Crippen LogP contribution in [0.3, 0.4) is 0 Å². The first-order valence-electron chi connectivity index (χ1n) is 6.21. The molecule has 6 nitrogen and oxygen atoms in total. The third-order valence-electron chi connectivity index (χ3n) is 2.75. The van der Waals surface area contributed by atoms with Crippen LogP contribution in [0.1, 0.15) is 33.1 Å². The number of esters is 2. The van der Waals surface area contributed by atoms with Crippen LogP contribution in [0.25, 0.3) is 0 Å². The molecule has 0 spiro atoms. The van der Waals surface area contributed by atoms with E-state index >= 15 is 0 Å². The van der Waals surface area contributed by atoms with Gasteiger partial charge in [0.1, 0.15) is 6.04 Å². The van der Waals surface area contributed by atoms with E-state index in [1.54, 1.807) is 13.8 Å². The van der Waals surface area contributed by atoms with Gasteiger partial charge in [-0.3, -0.25) is 9.59 Å². The second-order valence-electron chi connectivity index (χ2n) is 3.95. The summed E-state index contributed by atoms with van der Waals surface area (Å²) in [7, 11) is 0. The molecule has 0 saturated carbocycles. The molecule has 0 aliphatic carbocycles. The molecule has 1 amide bonds. The van der Waals surface area contributed by atoms with E-state index < -0.39 is 12.0 Å². The lowest BCUT2D eigenvalue weighted by atomic mass is 10.2. The molecule has 18 heavy (non-hydrogen) atoms. The molecule has 0 radical (unpaired) electrons. The maximum Gasteiger partial charge on any atom is 0.328 e. The van der Waals surface area contributed by atoms with Gasteiger partial charge >= 0.3 is 11.9 Å². The fourth-order valence-electron chi connectivity index (χ4n) is 1.94. The Morgan fingerprint density at radius 1 is 1.28 bits per heavy atom. The number of carbonyl (C=O) groups excluding carboxylic acids is 3. The molecule has 1 rings (SSSR count). The molecule has 0 N–H and O–H groups in total. The Bertz CT molecular complexity index is 328. The number of amides is 1. The lowest BCUT2D eigenvalue weighted by Crippen LogP contribution is -2.40.